The average molecular weight is 323 g/mol. The molecule has 24 heavy (non-hydrogen) atoms. The molecule has 0 saturated carbocycles. The Labute approximate surface area is 141 Å². The predicted molar refractivity (Wildman–Crippen MR) is 95.8 cm³/mol. The van der Waals surface area contributed by atoms with Gasteiger partial charge in [0, 0.05) is 17.3 Å². The van der Waals surface area contributed by atoms with Gasteiger partial charge in [-0.05, 0) is 63.2 Å². The van der Waals surface area contributed by atoms with Crippen molar-refractivity contribution in [3.63, 3.8) is 0 Å². The number of carbonyl (C=O) groups is 1. The number of hydrogen-bond donors (Lipinski definition) is 1. The summed E-state index contributed by atoms with van der Waals surface area (Å²) in [6.45, 7) is 6.26. The van der Waals surface area contributed by atoms with E-state index < -0.39 is 0 Å². The highest BCUT2D eigenvalue weighted by molar-refractivity contribution is 6.05. The lowest BCUT2D eigenvalue weighted by Crippen LogP contribution is -2.11. The van der Waals surface area contributed by atoms with E-state index in [1.54, 1.807) is 31.4 Å². The van der Waals surface area contributed by atoms with Crippen LogP contribution in [0.3, 0.4) is 0 Å². The van der Waals surface area contributed by atoms with Crippen LogP contribution in [0.25, 0.3) is 11.0 Å². The van der Waals surface area contributed by atoms with Gasteiger partial charge < -0.3 is 14.6 Å². The minimum absolute atomic E-state index is 0.156. The number of hydrogen-bond acceptors (Lipinski definition) is 3. The fourth-order valence-electron chi connectivity index (χ4n) is 2.89. The lowest BCUT2D eigenvalue weighted by atomic mass is 10.2. The number of nitrogens with one attached hydrogen (secondary N) is 1. The van der Waals surface area contributed by atoms with Gasteiger partial charge in [-0.2, -0.15) is 0 Å². The van der Waals surface area contributed by atoms with E-state index in [1.165, 1.54) is 0 Å². The number of anilines is 1. The molecule has 3 aromatic rings. The largest absolute Gasteiger partial charge is 0.497 e. The summed E-state index contributed by atoms with van der Waals surface area (Å²) in [4.78, 5) is 16.9. The van der Waals surface area contributed by atoms with Crippen LogP contribution in [0.15, 0.2) is 42.5 Å². The van der Waals surface area contributed by atoms with Gasteiger partial charge in [0.25, 0.3) is 5.91 Å². The molecule has 0 aliphatic rings. The van der Waals surface area contributed by atoms with Crippen molar-refractivity contribution < 1.29 is 9.53 Å². The van der Waals surface area contributed by atoms with Crippen LogP contribution in [0.5, 0.6) is 5.75 Å². The molecule has 0 unspecified atom stereocenters. The molecular weight excluding hydrogens is 302 g/mol. The number of nitrogens with zero attached hydrogens (tertiary/aromatic N) is 2. The smallest absolute Gasteiger partial charge is 0.255 e. The van der Waals surface area contributed by atoms with Crippen molar-refractivity contribution >= 4 is 22.6 Å². The molecule has 5 heteroatoms. The minimum atomic E-state index is -0.156. The second-order valence-corrected chi connectivity index (χ2v) is 6.01. The van der Waals surface area contributed by atoms with Gasteiger partial charge in [0.1, 0.15) is 11.6 Å². The summed E-state index contributed by atoms with van der Waals surface area (Å²) in [5.41, 5.74) is 3.27. The molecule has 0 saturated heterocycles. The van der Waals surface area contributed by atoms with Gasteiger partial charge in [0.15, 0.2) is 0 Å². The van der Waals surface area contributed by atoms with Gasteiger partial charge >= 0.3 is 0 Å². The number of methoxy groups -OCH3 is 1. The molecule has 0 aliphatic carbocycles. The second kappa shape index (κ2) is 6.35. The van der Waals surface area contributed by atoms with E-state index in [0.717, 1.165) is 28.3 Å². The molecule has 0 spiro atoms. The van der Waals surface area contributed by atoms with Crippen molar-refractivity contribution in [3.8, 4) is 5.75 Å². The summed E-state index contributed by atoms with van der Waals surface area (Å²) >= 11 is 0. The summed E-state index contributed by atoms with van der Waals surface area (Å²) in [6.07, 6.45) is 0. The van der Waals surface area contributed by atoms with E-state index in [1.807, 2.05) is 25.1 Å². The zero-order valence-electron chi connectivity index (χ0n) is 14.3. The summed E-state index contributed by atoms with van der Waals surface area (Å²) in [7, 11) is 1.60. The molecule has 1 N–H and O–H groups in total. The molecule has 5 nitrogen and oxygen atoms in total. The van der Waals surface area contributed by atoms with Crippen LogP contribution in [0.1, 0.15) is 36.1 Å². The molecule has 0 aliphatic heterocycles. The third-order valence-corrected chi connectivity index (χ3v) is 3.99. The lowest BCUT2D eigenvalue weighted by Gasteiger charge is -2.11. The van der Waals surface area contributed by atoms with Crippen LogP contribution in [0, 0.1) is 6.92 Å². The zero-order valence-corrected chi connectivity index (χ0v) is 14.3. The van der Waals surface area contributed by atoms with Crippen LogP contribution in [0.4, 0.5) is 5.69 Å². The molecular formula is C19H21N3O2. The Morgan fingerprint density at radius 3 is 2.50 bits per heavy atom. The molecule has 1 aromatic heterocycles. The SMILES string of the molecule is COc1ccc(C(=O)Nc2ccc3c(c2)nc(C)n3C(C)C)cc1. The Hall–Kier alpha value is -2.82. The number of imidazole rings is 1. The number of benzene rings is 2. The molecule has 0 fully saturated rings. The maximum atomic E-state index is 12.4. The molecule has 2 aromatic carbocycles. The van der Waals surface area contributed by atoms with Crippen molar-refractivity contribution in [2.24, 2.45) is 0 Å². The van der Waals surface area contributed by atoms with Crippen molar-refractivity contribution in [2.45, 2.75) is 26.8 Å². The highest BCUT2D eigenvalue weighted by atomic mass is 16.5. The van der Waals surface area contributed by atoms with Gasteiger partial charge in [-0.25, -0.2) is 4.98 Å². The highest BCUT2D eigenvalue weighted by Gasteiger charge is 2.12. The summed E-state index contributed by atoms with van der Waals surface area (Å²) in [6, 6.07) is 13.2. The molecule has 124 valence electrons. The normalized spacial score (nSPS) is 11.0. The monoisotopic (exact) mass is 323 g/mol. The van der Waals surface area contributed by atoms with Crippen LogP contribution < -0.4 is 10.1 Å². The van der Waals surface area contributed by atoms with Crippen LogP contribution in [-0.4, -0.2) is 22.6 Å². The molecule has 0 radical (unpaired) electrons. The number of ether oxygens (including phenoxy) is 1. The van der Waals surface area contributed by atoms with Crippen molar-refractivity contribution in [1.82, 2.24) is 9.55 Å². The summed E-state index contributed by atoms with van der Waals surface area (Å²) < 4.78 is 7.29. The predicted octanol–water partition coefficient (Wildman–Crippen LogP) is 4.19. The van der Waals surface area contributed by atoms with Gasteiger partial charge in [-0.1, -0.05) is 0 Å². The average Bonchev–Trinajstić information content (AvgIpc) is 2.90. The van der Waals surface area contributed by atoms with Gasteiger partial charge in [-0.3, -0.25) is 4.79 Å². The third-order valence-electron chi connectivity index (χ3n) is 3.99. The second-order valence-electron chi connectivity index (χ2n) is 6.01. The van der Waals surface area contributed by atoms with Gasteiger partial charge in [0.05, 0.1) is 18.1 Å². The van der Waals surface area contributed by atoms with Gasteiger partial charge in [0.2, 0.25) is 0 Å². The fraction of sp³-hybridized carbons (Fsp3) is 0.263. The quantitative estimate of drug-likeness (QED) is 0.783. The van der Waals surface area contributed by atoms with Crippen molar-refractivity contribution in [2.75, 3.05) is 12.4 Å². The summed E-state index contributed by atoms with van der Waals surface area (Å²) in [5, 5.41) is 2.92. The van der Waals surface area contributed by atoms with Crippen molar-refractivity contribution in [1.29, 1.82) is 0 Å². The topological polar surface area (TPSA) is 56.1 Å². The maximum absolute atomic E-state index is 12.4. The number of aryl methyl sites for hydroxylation is 1. The summed E-state index contributed by atoms with van der Waals surface area (Å²) in [5.74, 6) is 1.54. The van der Waals surface area contributed by atoms with Crippen LogP contribution in [0.2, 0.25) is 0 Å². The molecule has 0 atom stereocenters. The third kappa shape index (κ3) is 2.97. The number of aromatic nitrogens is 2. The maximum Gasteiger partial charge on any atom is 0.255 e. The first-order valence-corrected chi connectivity index (χ1v) is 7.93. The number of fused-ring (bicyclic) bond motifs is 1. The zero-order chi connectivity index (χ0) is 17.3. The molecule has 1 amide bonds. The highest BCUT2D eigenvalue weighted by Crippen LogP contribution is 2.24. The first-order valence-electron chi connectivity index (χ1n) is 7.93. The van der Waals surface area contributed by atoms with E-state index in [0.29, 0.717) is 11.6 Å². The first kappa shape index (κ1) is 16.1. The molecule has 0 bridgehead atoms. The lowest BCUT2D eigenvalue weighted by molar-refractivity contribution is 0.102. The van der Waals surface area contributed by atoms with E-state index in [2.05, 4.69) is 28.7 Å². The van der Waals surface area contributed by atoms with E-state index in [9.17, 15) is 4.79 Å². The van der Waals surface area contributed by atoms with Crippen LogP contribution in [-0.2, 0) is 0 Å². The number of carbonyl (C=O) groups excluding carboxylic acids is 1. The van der Waals surface area contributed by atoms with E-state index in [-0.39, 0.29) is 5.91 Å². The molecule has 3 rings (SSSR count). The number of rotatable bonds is 4. The number of amides is 1. The van der Waals surface area contributed by atoms with E-state index >= 15 is 0 Å². The fourth-order valence-corrected chi connectivity index (χ4v) is 2.89. The first-order chi connectivity index (χ1) is 11.5. The van der Waals surface area contributed by atoms with E-state index in [4.69, 9.17) is 4.74 Å². The Bertz CT molecular complexity index is 880. The van der Waals surface area contributed by atoms with Crippen LogP contribution >= 0.6 is 0 Å². The van der Waals surface area contributed by atoms with Crippen molar-refractivity contribution in [3.05, 3.63) is 53.9 Å². The standard InChI is InChI=1S/C19H21N3O2/c1-12(2)22-13(3)20-17-11-15(7-10-18(17)22)21-19(23)14-5-8-16(24-4)9-6-14/h5-12H,1-4H3,(H,21,23). The molecule has 1 heterocycles. The Kier molecular flexibility index (Phi) is 4.25. The Morgan fingerprint density at radius 2 is 1.88 bits per heavy atom. The Morgan fingerprint density at radius 1 is 1.17 bits per heavy atom. The van der Waals surface area contributed by atoms with Gasteiger partial charge in [-0.15, -0.1) is 0 Å². The Balaban J connectivity index is 1.85. The minimum Gasteiger partial charge on any atom is -0.497 e.